The van der Waals surface area contributed by atoms with Gasteiger partial charge in [0.15, 0.2) is 5.75 Å². The van der Waals surface area contributed by atoms with Crippen molar-refractivity contribution in [3.63, 3.8) is 0 Å². The molecule has 8 nitrogen and oxygen atoms in total. The fourth-order valence-electron chi connectivity index (χ4n) is 4.63. The third kappa shape index (κ3) is 19.9. The fourth-order valence-corrected chi connectivity index (χ4v) is 4.63. The molecule has 0 aliphatic heterocycles. The number of hydrogen-bond acceptors (Lipinski definition) is 6. The number of carboxylic acid groups (broad SMARTS) is 1. The number of unbranched alkanes of at least 4 members (excludes halogenated alkanes) is 18. The Morgan fingerprint density at radius 1 is 0.634 bits per heavy atom. The molecule has 0 saturated heterocycles. The average molecular weight is 578 g/mol. The van der Waals surface area contributed by atoms with Crippen LogP contribution in [0.1, 0.15) is 153 Å². The van der Waals surface area contributed by atoms with Gasteiger partial charge in [-0.25, -0.2) is 14.4 Å². The van der Waals surface area contributed by atoms with Crippen molar-refractivity contribution < 1.29 is 33.7 Å². The van der Waals surface area contributed by atoms with Crippen LogP contribution in [0.4, 0.5) is 15.3 Å². The summed E-state index contributed by atoms with van der Waals surface area (Å²) in [6, 6.07) is 3.98. The predicted octanol–water partition coefficient (Wildman–Crippen LogP) is 10.3. The van der Waals surface area contributed by atoms with E-state index in [-0.39, 0.29) is 23.6 Å². The number of amides is 1. The molecule has 1 aromatic rings. The molecule has 41 heavy (non-hydrogen) atoms. The van der Waals surface area contributed by atoms with Crippen LogP contribution >= 0.6 is 0 Å². The minimum atomic E-state index is -1.25. The summed E-state index contributed by atoms with van der Waals surface area (Å²) in [7, 11) is 0. The zero-order valence-electron chi connectivity index (χ0n) is 25.7. The Labute approximate surface area is 247 Å². The molecule has 0 saturated carbocycles. The third-order valence-electron chi connectivity index (χ3n) is 7.10. The molecule has 1 aromatic carbocycles. The Hall–Kier alpha value is -2.77. The van der Waals surface area contributed by atoms with Gasteiger partial charge in [-0.3, -0.25) is 5.32 Å². The Morgan fingerprint density at radius 3 is 1.54 bits per heavy atom. The Morgan fingerprint density at radius 2 is 1.07 bits per heavy atom. The van der Waals surface area contributed by atoms with Crippen molar-refractivity contribution in [3.8, 4) is 5.75 Å². The van der Waals surface area contributed by atoms with E-state index in [9.17, 15) is 19.5 Å². The van der Waals surface area contributed by atoms with E-state index in [4.69, 9.17) is 14.2 Å². The predicted molar refractivity (Wildman–Crippen MR) is 164 cm³/mol. The highest BCUT2D eigenvalue weighted by atomic mass is 16.7. The van der Waals surface area contributed by atoms with Crippen LogP contribution in [0.2, 0.25) is 0 Å². The monoisotopic (exact) mass is 577 g/mol. The summed E-state index contributed by atoms with van der Waals surface area (Å²) in [5.41, 5.74) is 0.0609. The summed E-state index contributed by atoms with van der Waals surface area (Å²) in [4.78, 5) is 35.9. The second-order valence-electron chi connectivity index (χ2n) is 10.8. The van der Waals surface area contributed by atoms with E-state index in [1.165, 1.54) is 108 Å². The van der Waals surface area contributed by atoms with Crippen LogP contribution in [0, 0.1) is 0 Å². The van der Waals surface area contributed by atoms with E-state index in [2.05, 4.69) is 19.2 Å². The topological polar surface area (TPSA) is 111 Å². The van der Waals surface area contributed by atoms with Gasteiger partial charge < -0.3 is 19.3 Å². The molecule has 0 bridgehead atoms. The molecule has 2 N–H and O–H groups in total. The van der Waals surface area contributed by atoms with Gasteiger partial charge in [0.1, 0.15) is 5.56 Å². The highest BCUT2D eigenvalue weighted by molar-refractivity contribution is 5.93. The van der Waals surface area contributed by atoms with Crippen molar-refractivity contribution in [2.45, 2.75) is 142 Å². The zero-order chi connectivity index (χ0) is 30.0. The van der Waals surface area contributed by atoms with Gasteiger partial charge in [0.25, 0.3) is 0 Å². The molecule has 0 aromatic heterocycles. The lowest BCUT2D eigenvalue weighted by Gasteiger charge is -2.11. The lowest BCUT2D eigenvalue weighted by Crippen LogP contribution is -2.16. The maximum Gasteiger partial charge on any atom is 0.513 e. The van der Waals surface area contributed by atoms with E-state index in [0.29, 0.717) is 6.61 Å². The number of anilines is 1. The van der Waals surface area contributed by atoms with Crippen molar-refractivity contribution >= 4 is 23.9 Å². The number of ether oxygens (including phenoxy) is 3. The van der Waals surface area contributed by atoms with Crippen LogP contribution < -0.4 is 10.1 Å². The fraction of sp³-hybridized carbons (Fsp3) is 0.727. The van der Waals surface area contributed by atoms with Gasteiger partial charge in [0.05, 0.1) is 13.2 Å². The number of carboxylic acids is 1. The van der Waals surface area contributed by atoms with Gasteiger partial charge in [-0.05, 0) is 25.0 Å². The molecule has 0 spiro atoms. The van der Waals surface area contributed by atoms with Crippen LogP contribution in [0.15, 0.2) is 18.2 Å². The maximum absolute atomic E-state index is 12.2. The van der Waals surface area contributed by atoms with Crippen molar-refractivity contribution in [2.75, 3.05) is 18.5 Å². The Bertz CT molecular complexity index is 843. The highest BCUT2D eigenvalue weighted by Gasteiger charge is 2.17. The van der Waals surface area contributed by atoms with Crippen molar-refractivity contribution in [3.05, 3.63) is 23.8 Å². The molecular weight excluding hydrogens is 522 g/mol. The van der Waals surface area contributed by atoms with Crippen molar-refractivity contribution in [2.24, 2.45) is 0 Å². The number of nitrogens with one attached hydrogen (secondary N) is 1. The number of hydrogen-bond donors (Lipinski definition) is 2. The quantitative estimate of drug-likeness (QED) is 0.0675. The second-order valence-corrected chi connectivity index (χ2v) is 10.8. The van der Waals surface area contributed by atoms with E-state index >= 15 is 0 Å². The minimum absolute atomic E-state index is 0.196. The number of carbonyl (C=O) groups is 3. The number of benzene rings is 1. The molecule has 0 aliphatic carbocycles. The van der Waals surface area contributed by atoms with Crippen LogP contribution in [-0.4, -0.2) is 36.5 Å². The van der Waals surface area contributed by atoms with Gasteiger partial charge in [0.2, 0.25) is 0 Å². The number of aromatic carboxylic acids is 1. The highest BCUT2D eigenvalue weighted by Crippen LogP contribution is 2.24. The molecule has 0 heterocycles. The van der Waals surface area contributed by atoms with Crippen LogP contribution in [0.3, 0.4) is 0 Å². The third-order valence-corrected chi connectivity index (χ3v) is 7.10. The van der Waals surface area contributed by atoms with Gasteiger partial charge in [-0.2, -0.15) is 0 Å². The number of rotatable bonds is 25. The summed E-state index contributed by atoms with van der Waals surface area (Å²) in [5.74, 6) is -1.45. The first-order chi connectivity index (χ1) is 20.0. The molecule has 0 radical (unpaired) electrons. The minimum Gasteiger partial charge on any atom is -0.478 e. The lowest BCUT2D eigenvalue weighted by atomic mass is 10.1. The van der Waals surface area contributed by atoms with E-state index in [0.717, 1.165) is 38.5 Å². The van der Waals surface area contributed by atoms with Crippen LogP contribution in [0.25, 0.3) is 0 Å². The average Bonchev–Trinajstić information content (AvgIpc) is 2.94. The SMILES string of the molecule is CCCCCCCCCCCCOC(=O)Nc1ccc(C(=O)O)c(OC(=O)OCCCCCCCCCCCC)c1. The molecule has 234 valence electrons. The van der Waals surface area contributed by atoms with Gasteiger partial charge >= 0.3 is 18.2 Å². The zero-order valence-corrected chi connectivity index (χ0v) is 25.7. The summed E-state index contributed by atoms with van der Waals surface area (Å²) in [6.07, 6.45) is 22.0. The van der Waals surface area contributed by atoms with Crippen LogP contribution in [-0.2, 0) is 9.47 Å². The summed E-state index contributed by atoms with van der Waals surface area (Å²) >= 11 is 0. The molecule has 8 heteroatoms. The lowest BCUT2D eigenvalue weighted by molar-refractivity contribution is 0.0689. The molecule has 1 rings (SSSR count). The summed E-state index contributed by atoms with van der Waals surface area (Å²) < 4.78 is 15.5. The van der Waals surface area contributed by atoms with Crippen LogP contribution in [0.5, 0.6) is 5.75 Å². The molecule has 0 aliphatic rings. The largest absolute Gasteiger partial charge is 0.513 e. The van der Waals surface area contributed by atoms with Gasteiger partial charge in [0, 0.05) is 11.8 Å². The van der Waals surface area contributed by atoms with E-state index in [1.54, 1.807) is 0 Å². The van der Waals surface area contributed by atoms with E-state index < -0.39 is 18.2 Å². The van der Waals surface area contributed by atoms with E-state index in [1.807, 2.05) is 0 Å². The molecule has 0 unspecified atom stereocenters. The normalized spacial score (nSPS) is 10.8. The first kappa shape index (κ1) is 36.3. The standard InChI is InChI=1S/C33H55NO7/c1-3-5-7-9-11-13-15-17-19-21-25-39-32(37)34-28-23-24-29(31(35)36)30(27-28)41-33(38)40-26-22-20-18-16-14-12-10-8-6-4-2/h23-24,27H,3-22,25-26H2,1-2H3,(H,34,37)(H,35,36). The van der Waals surface area contributed by atoms with Crippen molar-refractivity contribution in [1.29, 1.82) is 0 Å². The molecule has 0 fully saturated rings. The Kier molecular flexibility index (Phi) is 22.1. The summed E-state index contributed by atoms with van der Waals surface area (Å²) in [6.45, 7) is 4.96. The molecule has 1 amide bonds. The first-order valence-electron chi connectivity index (χ1n) is 16.1. The van der Waals surface area contributed by atoms with Gasteiger partial charge in [-0.15, -0.1) is 0 Å². The van der Waals surface area contributed by atoms with Crippen molar-refractivity contribution in [1.82, 2.24) is 0 Å². The second kappa shape index (κ2) is 25.0. The molecule has 0 atom stereocenters. The maximum atomic E-state index is 12.2. The smallest absolute Gasteiger partial charge is 0.478 e. The number of carbonyl (C=O) groups excluding carboxylic acids is 2. The molecular formula is C33H55NO7. The first-order valence-corrected chi connectivity index (χ1v) is 16.1. The van der Waals surface area contributed by atoms with Gasteiger partial charge in [-0.1, -0.05) is 129 Å². The Balaban J connectivity index is 2.27. The summed E-state index contributed by atoms with van der Waals surface area (Å²) in [5, 5.41) is 12.0.